The van der Waals surface area contributed by atoms with Gasteiger partial charge < -0.3 is 5.32 Å². The van der Waals surface area contributed by atoms with E-state index in [4.69, 9.17) is 0 Å². The molecule has 2 heterocycles. The lowest BCUT2D eigenvalue weighted by atomic mass is 10.3. The molecule has 0 saturated heterocycles. The number of hydrogen-bond donors (Lipinski definition) is 1. The first kappa shape index (κ1) is 13.1. The van der Waals surface area contributed by atoms with Crippen LogP contribution in [0.4, 0.5) is 5.69 Å². The van der Waals surface area contributed by atoms with Gasteiger partial charge in [0.15, 0.2) is 0 Å². The molecular formula is C13H17N5O. The molecule has 19 heavy (non-hydrogen) atoms. The molecule has 100 valence electrons. The number of anilines is 1. The molecule has 6 heteroatoms. The molecule has 1 amide bonds. The summed E-state index contributed by atoms with van der Waals surface area (Å²) in [5, 5.41) is 11.1. The molecule has 0 aliphatic carbocycles. The molecule has 2 aromatic rings. The molecular weight excluding hydrogens is 242 g/mol. The predicted octanol–water partition coefficient (Wildman–Crippen LogP) is 1.60. The van der Waals surface area contributed by atoms with E-state index >= 15 is 0 Å². The van der Waals surface area contributed by atoms with Gasteiger partial charge in [-0.25, -0.2) is 0 Å². The van der Waals surface area contributed by atoms with Crippen LogP contribution in [0, 0.1) is 6.92 Å². The zero-order chi connectivity index (χ0) is 13.8. The van der Waals surface area contributed by atoms with E-state index < -0.39 is 0 Å². The van der Waals surface area contributed by atoms with E-state index in [0.717, 1.165) is 23.5 Å². The molecule has 1 N–H and O–H groups in total. The molecule has 2 rings (SSSR count). The van der Waals surface area contributed by atoms with Crippen LogP contribution in [0.15, 0.2) is 24.7 Å². The standard InChI is InChI=1S/C13H17N5O/c1-4-18-8-11(7-14-18)5-6-13(19)15-12-9-17(3)16-10(12)2/h5-9H,4H2,1-3H3,(H,15,19)/b6-5+. The van der Waals surface area contributed by atoms with Gasteiger partial charge in [0, 0.05) is 37.6 Å². The lowest BCUT2D eigenvalue weighted by Crippen LogP contribution is -2.07. The van der Waals surface area contributed by atoms with Crippen molar-refractivity contribution in [3.05, 3.63) is 35.9 Å². The first-order chi connectivity index (χ1) is 9.08. The average Bonchev–Trinajstić information content (AvgIpc) is 2.94. The first-order valence-corrected chi connectivity index (χ1v) is 6.10. The van der Waals surface area contributed by atoms with Crippen molar-refractivity contribution in [3.8, 4) is 0 Å². The molecule has 2 aromatic heterocycles. The fourth-order valence-corrected chi connectivity index (χ4v) is 1.71. The summed E-state index contributed by atoms with van der Waals surface area (Å²) < 4.78 is 3.47. The minimum absolute atomic E-state index is 0.180. The van der Waals surface area contributed by atoms with Crippen LogP contribution in [0.2, 0.25) is 0 Å². The molecule has 0 fully saturated rings. The van der Waals surface area contributed by atoms with Crippen molar-refractivity contribution in [1.82, 2.24) is 19.6 Å². The van der Waals surface area contributed by atoms with Crippen LogP contribution in [0.3, 0.4) is 0 Å². The Bertz CT molecular complexity index is 608. The van der Waals surface area contributed by atoms with E-state index in [-0.39, 0.29) is 5.91 Å². The molecule has 0 aliphatic heterocycles. The van der Waals surface area contributed by atoms with Gasteiger partial charge in [-0.1, -0.05) is 0 Å². The van der Waals surface area contributed by atoms with Gasteiger partial charge >= 0.3 is 0 Å². The number of nitrogens with zero attached hydrogens (tertiary/aromatic N) is 4. The largest absolute Gasteiger partial charge is 0.320 e. The predicted molar refractivity (Wildman–Crippen MR) is 73.5 cm³/mol. The molecule has 6 nitrogen and oxygen atoms in total. The quantitative estimate of drug-likeness (QED) is 0.848. The number of aromatic nitrogens is 4. The summed E-state index contributed by atoms with van der Waals surface area (Å²) in [6.45, 7) is 4.68. The van der Waals surface area contributed by atoms with E-state index in [1.807, 2.05) is 31.8 Å². The van der Waals surface area contributed by atoms with E-state index in [1.54, 1.807) is 23.2 Å². The van der Waals surface area contributed by atoms with Gasteiger partial charge in [0.1, 0.15) is 0 Å². The fraction of sp³-hybridized carbons (Fsp3) is 0.308. The Hall–Kier alpha value is -2.37. The van der Waals surface area contributed by atoms with Crippen molar-refractivity contribution < 1.29 is 4.79 Å². The molecule has 0 bridgehead atoms. The van der Waals surface area contributed by atoms with Gasteiger partial charge in [-0.05, 0) is 19.9 Å². The number of aryl methyl sites for hydroxylation is 3. The second-order valence-electron chi connectivity index (χ2n) is 4.25. The Morgan fingerprint density at radius 2 is 2.26 bits per heavy atom. The molecule has 0 aromatic carbocycles. The zero-order valence-corrected chi connectivity index (χ0v) is 11.3. The Labute approximate surface area is 111 Å². The number of rotatable bonds is 4. The zero-order valence-electron chi connectivity index (χ0n) is 11.3. The molecule has 0 atom stereocenters. The highest BCUT2D eigenvalue weighted by atomic mass is 16.1. The highest BCUT2D eigenvalue weighted by molar-refractivity contribution is 6.02. The Morgan fingerprint density at radius 1 is 1.47 bits per heavy atom. The number of carbonyl (C=O) groups excluding carboxylic acids is 1. The summed E-state index contributed by atoms with van der Waals surface area (Å²) in [6.07, 6.45) is 8.61. The summed E-state index contributed by atoms with van der Waals surface area (Å²) in [5.41, 5.74) is 2.42. The lowest BCUT2D eigenvalue weighted by Gasteiger charge is -1.98. The Morgan fingerprint density at radius 3 is 2.84 bits per heavy atom. The molecule has 0 aliphatic rings. The molecule has 0 unspecified atom stereocenters. The molecule has 0 saturated carbocycles. The first-order valence-electron chi connectivity index (χ1n) is 6.10. The lowest BCUT2D eigenvalue weighted by molar-refractivity contribution is -0.111. The van der Waals surface area contributed by atoms with Crippen LogP contribution < -0.4 is 5.32 Å². The van der Waals surface area contributed by atoms with Crippen molar-refractivity contribution >= 4 is 17.7 Å². The van der Waals surface area contributed by atoms with Crippen molar-refractivity contribution in [1.29, 1.82) is 0 Å². The van der Waals surface area contributed by atoms with Gasteiger partial charge in [0.05, 0.1) is 17.6 Å². The maximum Gasteiger partial charge on any atom is 0.248 e. The monoisotopic (exact) mass is 259 g/mol. The molecule has 0 radical (unpaired) electrons. The van der Waals surface area contributed by atoms with Gasteiger partial charge in [-0.15, -0.1) is 0 Å². The summed E-state index contributed by atoms with van der Waals surface area (Å²) in [6, 6.07) is 0. The number of hydrogen-bond acceptors (Lipinski definition) is 3. The SMILES string of the molecule is CCn1cc(/C=C/C(=O)Nc2cn(C)nc2C)cn1. The maximum atomic E-state index is 11.8. The third-order valence-electron chi connectivity index (χ3n) is 2.68. The Balaban J connectivity index is 1.99. The highest BCUT2D eigenvalue weighted by Gasteiger charge is 2.05. The second kappa shape index (κ2) is 5.51. The highest BCUT2D eigenvalue weighted by Crippen LogP contribution is 2.11. The van der Waals surface area contributed by atoms with Crippen LogP contribution in [-0.2, 0) is 18.4 Å². The fourth-order valence-electron chi connectivity index (χ4n) is 1.71. The van der Waals surface area contributed by atoms with Crippen molar-refractivity contribution in [2.24, 2.45) is 7.05 Å². The van der Waals surface area contributed by atoms with Gasteiger partial charge in [-0.3, -0.25) is 14.2 Å². The van der Waals surface area contributed by atoms with Crippen LogP contribution >= 0.6 is 0 Å². The van der Waals surface area contributed by atoms with Crippen LogP contribution in [0.25, 0.3) is 6.08 Å². The smallest absolute Gasteiger partial charge is 0.248 e. The van der Waals surface area contributed by atoms with E-state index in [9.17, 15) is 4.79 Å². The average molecular weight is 259 g/mol. The minimum atomic E-state index is -0.180. The second-order valence-corrected chi connectivity index (χ2v) is 4.25. The Kier molecular flexibility index (Phi) is 3.79. The summed E-state index contributed by atoms with van der Waals surface area (Å²) >= 11 is 0. The topological polar surface area (TPSA) is 64.7 Å². The third-order valence-corrected chi connectivity index (χ3v) is 2.68. The van der Waals surface area contributed by atoms with E-state index in [2.05, 4.69) is 15.5 Å². The van der Waals surface area contributed by atoms with Crippen molar-refractivity contribution in [2.45, 2.75) is 20.4 Å². The van der Waals surface area contributed by atoms with Crippen LogP contribution in [0.5, 0.6) is 0 Å². The van der Waals surface area contributed by atoms with Crippen LogP contribution in [0.1, 0.15) is 18.2 Å². The number of nitrogens with one attached hydrogen (secondary N) is 1. The summed E-state index contributed by atoms with van der Waals surface area (Å²) in [7, 11) is 1.82. The third kappa shape index (κ3) is 3.31. The van der Waals surface area contributed by atoms with Crippen molar-refractivity contribution in [3.63, 3.8) is 0 Å². The van der Waals surface area contributed by atoms with Crippen LogP contribution in [-0.4, -0.2) is 25.5 Å². The molecule has 0 spiro atoms. The van der Waals surface area contributed by atoms with Gasteiger partial charge in [0.25, 0.3) is 0 Å². The summed E-state index contributed by atoms with van der Waals surface area (Å²) in [5.74, 6) is -0.180. The normalized spacial score (nSPS) is 11.1. The summed E-state index contributed by atoms with van der Waals surface area (Å²) in [4.78, 5) is 11.8. The number of amides is 1. The van der Waals surface area contributed by atoms with Gasteiger partial charge in [0.2, 0.25) is 5.91 Å². The number of carbonyl (C=O) groups is 1. The van der Waals surface area contributed by atoms with Crippen molar-refractivity contribution in [2.75, 3.05) is 5.32 Å². The maximum absolute atomic E-state index is 11.8. The van der Waals surface area contributed by atoms with E-state index in [1.165, 1.54) is 6.08 Å². The minimum Gasteiger partial charge on any atom is -0.320 e. The van der Waals surface area contributed by atoms with E-state index in [0.29, 0.717) is 0 Å². The van der Waals surface area contributed by atoms with Gasteiger partial charge in [-0.2, -0.15) is 10.2 Å².